The number of piperazine rings is 1. The Bertz CT molecular complexity index is 999. The summed E-state index contributed by atoms with van der Waals surface area (Å²) in [5, 5.41) is 3.33. The largest absolute Gasteiger partial charge is 0.477 e. The number of nitrogens with one attached hydrogen (secondary N) is 1. The van der Waals surface area contributed by atoms with E-state index in [4.69, 9.17) is 9.47 Å². The molecule has 5 rings (SSSR count). The van der Waals surface area contributed by atoms with Crippen LogP contribution in [0.3, 0.4) is 0 Å². The Morgan fingerprint density at radius 1 is 1.26 bits per heavy atom. The fourth-order valence-corrected chi connectivity index (χ4v) is 3.95. The fraction of sp³-hybridized carbons (Fsp3) is 0.522. The number of anilines is 1. The van der Waals surface area contributed by atoms with Crippen molar-refractivity contribution in [1.29, 1.82) is 0 Å². The predicted molar refractivity (Wildman–Crippen MR) is 116 cm³/mol. The second-order valence-electron chi connectivity index (χ2n) is 9.19. The van der Waals surface area contributed by atoms with Gasteiger partial charge in [0.05, 0.1) is 12.2 Å². The molecule has 4 heterocycles. The number of pyridine rings is 2. The molecule has 1 aliphatic carbocycles. The summed E-state index contributed by atoms with van der Waals surface area (Å²) in [6.45, 7) is 9.54. The molecule has 1 amide bonds. The number of aryl methyl sites for hydroxylation is 2. The van der Waals surface area contributed by atoms with E-state index >= 15 is 0 Å². The number of hydrogen-bond acceptors (Lipinski definition) is 7. The molecule has 164 valence electrons. The minimum Gasteiger partial charge on any atom is -0.477 e. The summed E-state index contributed by atoms with van der Waals surface area (Å²) in [7, 11) is 0. The van der Waals surface area contributed by atoms with E-state index in [0.717, 1.165) is 35.9 Å². The Balaban J connectivity index is 1.16. The molecule has 0 spiro atoms. The standard InChI is InChI=1S/C23H29N5O3/c1-15-12-17(13-24-20(15)30-14-23(3)6-7-23)21(29)27-8-10-28(11-9-27)22-26-19-18(31-22)5-4-16(2)25-19/h4-5,12-13,22H,6-11,14H2,1-3H3,(H,25,26). The van der Waals surface area contributed by atoms with Crippen molar-refractivity contribution in [3.8, 4) is 11.6 Å². The lowest BCUT2D eigenvalue weighted by molar-refractivity contribution is 0.0177. The highest BCUT2D eigenvalue weighted by atomic mass is 16.5. The highest BCUT2D eigenvalue weighted by Crippen LogP contribution is 2.45. The van der Waals surface area contributed by atoms with Gasteiger partial charge in [-0.2, -0.15) is 0 Å². The molecule has 1 atom stereocenters. The van der Waals surface area contributed by atoms with Gasteiger partial charge in [0.1, 0.15) is 0 Å². The maximum atomic E-state index is 13.0. The molecule has 2 aliphatic heterocycles. The van der Waals surface area contributed by atoms with E-state index in [-0.39, 0.29) is 12.3 Å². The van der Waals surface area contributed by atoms with Crippen LogP contribution in [0.5, 0.6) is 11.6 Å². The first-order chi connectivity index (χ1) is 14.9. The summed E-state index contributed by atoms with van der Waals surface area (Å²) in [4.78, 5) is 26.0. The number of ether oxygens (including phenoxy) is 2. The summed E-state index contributed by atoms with van der Waals surface area (Å²) in [5.74, 6) is 2.19. The van der Waals surface area contributed by atoms with Gasteiger partial charge in [-0.05, 0) is 44.9 Å². The van der Waals surface area contributed by atoms with Gasteiger partial charge in [0.15, 0.2) is 11.6 Å². The first kappa shape index (κ1) is 20.1. The molecular formula is C23H29N5O3. The highest BCUT2D eigenvalue weighted by molar-refractivity contribution is 5.94. The van der Waals surface area contributed by atoms with Crippen molar-refractivity contribution in [3.63, 3.8) is 0 Å². The van der Waals surface area contributed by atoms with Gasteiger partial charge in [0.25, 0.3) is 5.91 Å². The van der Waals surface area contributed by atoms with Crippen LogP contribution in [-0.2, 0) is 0 Å². The molecule has 1 unspecified atom stereocenters. The smallest absolute Gasteiger partial charge is 0.255 e. The van der Waals surface area contributed by atoms with Crippen molar-refractivity contribution in [2.24, 2.45) is 5.41 Å². The summed E-state index contributed by atoms with van der Waals surface area (Å²) in [6.07, 6.45) is 3.81. The van der Waals surface area contributed by atoms with Crippen LogP contribution in [0.15, 0.2) is 24.4 Å². The number of carbonyl (C=O) groups is 1. The van der Waals surface area contributed by atoms with E-state index in [9.17, 15) is 4.79 Å². The van der Waals surface area contributed by atoms with E-state index < -0.39 is 0 Å². The summed E-state index contributed by atoms with van der Waals surface area (Å²) in [6, 6.07) is 5.77. The number of fused-ring (bicyclic) bond motifs is 1. The van der Waals surface area contributed by atoms with Gasteiger partial charge in [-0.3, -0.25) is 4.79 Å². The predicted octanol–water partition coefficient (Wildman–Crippen LogP) is 2.82. The average Bonchev–Trinajstić information content (AvgIpc) is 3.36. The Morgan fingerprint density at radius 3 is 2.74 bits per heavy atom. The summed E-state index contributed by atoms with van der Waals surface area (Å²) < 4.78 is 11.9. The number of carbonyl (C=O) groups excluding carboxylic acids is 1. The van der Waals surface area contributed by atoms with Crippen LogP contribution in [0, 0.1) is 19.3 Å². The Kier molecular flexibility index (Phi) is 4.97. The molecular weight excluding hydrogens is 394 g/mol. The topological polar surface area (TPSA) is 79.8 Å². The lowest BCUT2D eigenvalue weighted by atomic mass is 10.1. The van der Waals surface area contributed by atoms with Crippen molar-refractivity contribution in [2.45, 2.75) is 40.0 Å². The summed E-state index contributed by atoms with van der Waals surface area (Å²) >= 11 is 0. The van der Waals surface area contributed by atoms with E-state index in [1.165, 1.54) is 12.8 Å². The quantitative estimate of drug-likeness (QED) is 0.792. The average molecular weight is 424 g/mol. The van der Waals surface area contributed by atoms with Gasteiger partial charge in [-0.25, -0.2) is 14.9 Å². The zero-order chi connectivity index (χ0) is 21.6. The van der Waals surface area contributed by atoms with Gasteiger partial charge in [0.2, 0.25) is 12.2 Å². The first-order valence-corrected chi connectivity index (χ1v) is 10.9. The molecule has 31 heavy (non-hydrogen) atoms. The monoisotopic (exact) mass is 423 g/mol. The van der Waals surface area contributed by atoms with E-state index in [0.29, 0.717) is 36.6 Å². The van der Waals surface area contributed by atoms with Crippen molar-refractivity contribution < 1.29 is 14.3 Å². The number of rotatable bonds is 5. The highest BCUT2D eigenvalue weighted by Gasteiger charge is 2.38. The molecule has 0 radical (unpaired) electrons. The first-order valence-electron chi connectivity index (χ1n) is 10.9. The number of nitrogens with zero attached hydrogens (tertiary/aromatic N) is 4. The van der Waals surface area contributed by atoms with Crippen molar-refractivity contribution >= 4 is 11.7 Å². The van der Waals surface area contributed by atoms with Gasteiger partial charge in [-0.1, -0.05) is 6.92 Å². The molecule has 2 fully saturated rings. The van der Waals surface area contributed by atoms with Crippen LogP contribution in [0.2, 0.25) is 0 Å². The number of amides is 1. The van der Waals surface area contributed by atoms with E-state index in [1.807, 2.05) is 36.9 Å². The number of hydrogen-bond donors (Lipinski definition) is 1. The molecule has 0 bridgehead atoms. The zero-order valence-electron chi connectivity index (χ0n) is 18.4. The zero-order valence-corrected chi connectivity index (χ0v) is 18.4. The SMILES string of the molecule is Cc1ccc2c(n1)NC(N1CCN(C(=O)c3cnc(OCC4(C)CC4)c(C)c3)CC1)O2. The Hall–Kier alpha value is -2.87. The van der Waals surface area contributed by atoms with Crippen LogP contribution < -0.4 is 14.8 Å². The molecule has 1 N–H and O–H groups in total. The summed E-state index contributed by atoms with van der Waals surface area (Å²) in [5.41, 5.74) is 2.76. The van der Waals surface area contributed by atoms with Crippen molar-refractivity contribution in [3.05, 3.63) is 41.2 Å². The molecule has 8 nitrogen and oxygen atoms in total. The van der Waals surface area contributed by atoms with Gasteiger partial charge in [-0.15, -0.1) is 0 Å². The van der Waals surface area contributed by atoms with Gasteiger partial charge >= 0.3 is 0 Å². The van der Waals surface area contributed by atoms with Gasteiger partial charge in [0, 0.05) is 49.0 Å². The molecule has 2 aromatic rings. The third-order valence-corrected chi connectivity index (χ3v) is 6.37. The van der Waals surface area contributed by atoms with Crippen LogP contribution in [0.1, 0.15) is 41.4 Å². The maximum absolute atomic E-state index is 13.0. The third kappa shape index (κ3) is 4.17. The maximum Gasteiger partial charge on any atom is 0.255 e. The lowest BCUT2D eigenvalue weighted by Gasteiger charge is -2.37. The van der Waals surface area contributed by atoms with Crippen molar-refractivity contribution in [1.82, 2.24) is 19.8 Å². The Labute approximate surface area is 182 Å². The molecule has 1 saturated carbocycles. The minimum atomic E-state index is -0.241. The van der Waals surface area contributed by atoms with Crippen LogP contribution in [-0.4, -0.2) is 64.8 Å². The fourth-order valence-electron chi connectivity index (χ4n) is 3.95. The molecule has 0 aromatic carbocycles. The van der Waals surface area contributed by atoms with E-state index in [2.05, 4.69) is 27.1 Å². The Morgan fingerprint density at radius 2 is 2.03 bits per heavy atom. The second kappa shape index (κ2) is 7.67. The third-order valence-electron chi connectivity index (χ3n) is 6.37. The van der Waals surface area contributed by atoms with Crippen LogP contribution >= 0.6 is 0 Å². The van der Waals surface area contributed by atoms with Crippen molar-refractivity contribution in [2.75, 3.05) is 38.1 Å². The molecule has 2 aromatic heterocycles. The molecule has 1 saturated heterocycles. The number of aromatic nitrogens is 2. The minimum absolute atomic E-state index is 0.0110. The molecule has 3 aliphatic rings. The van der Waals surface area contributed by atoms with Crippen LogP contribution in [0.4, 0.5) is 5.82 Å². The van der Waals surface area contributed by atoms with E-state index in [1.54, 1.807) is 6.20 Å². The second-order valence-corrected chi connectivity index (χ2v) is 9.19. The normalized spacial score (nSPS) is 21.8. The van der Waals surface area contributed by atoms with Crippen LogP contribution in [0.25, 0.3) is 0 Å². The van der Waals surface area contributed by atoms with Gasteiger partial charge < -0.3 is 19.7 Å². The lowest BCUT2D eigenvalue weighted by Crippen LogP contribution is -2.54. The molecule has 8 heteroatoms.